The van der Waals surface area contributed by atoms with E-state index in [1.54, 1.807) is 14.2 Å². The lowest BCUT2D eigenvalue weighted by atomic mass is 10.1. The first kappa shape index (κ1) is 18.3. The van der Waals surface area contributed by atoms with Gasteiger partial charge >= 0.3 is 0 Å². The Morgan fingerprint density at radius 3 is 2.59 bits per heavy atom. The van der Waals surface area contributed by atoms with Gasteiger partial charge in [0, 0.05) is 12.5 Å². The zero-order valence-electron chi connectivity index (χ0n) is 13.3. The lowest BCUT2D eigenvalue weighted by Gasteiger charge is -2.08. The highest BCUT2D eigenvalue weighted by Gasteiger charge is 2.11. The van der Waals surface area contributed by atoms with Crippen molar-refractivity contribution in [2.45, 2.75) is 25.8 Å². The molecule has 1 unspecified atom stereocenters. The number of rotatable bonds is 7. The molecule has 0 aliphatic rings. The van der Waals surface area contributed by atoms with Crippen LogP contribution in [-0.2, 0) is 12.8 Å². The number of ether oxygens (including phenoxy) is 2. The average Bonchev–Trinajstić information content (AvgIpc) is 2.93. The molecule has 1 N–H and O–H groups in total. The molecule has 2 rings (SSSR count). The first-order valence-corrected chi connectivity index (χ1v) is 6.86. The number of halogens is 1. The third-order valence-corrected chi connectivity index (χ3v) is 3.30. The second-order valence-corrected chi connectivity index (χ2v) is 4.86. The molecule has 0 bridgehead atoms. The fourth-order valence-corrected chi connectivity index (χ4v) is 1.99. The van der Waals surface area contributed by atoms with E-state index in [4.69, 9.17) is 14.0 Å². The molecule has 0 fully saturated rings. The Bertz CT molecular complexity index is 589. The van der Waals surface area contributed by atoms with E-state index < -0.39 is 0 Å². The molecule has 1 aromatic carbocycles. The Hall–Kier alpha value is -1.79. The standard InChI is InChI=1S/C15H21N3O3.ClH/c1-10(16-2)7-14-17-15(21-18-14)9-11-5-6-12(19-3)13(8-11)20-4;/h5-6,8,10,16H,7,9H2,1-4H3;1H. The van der Waals surface area contributed by atoms with Crippen molar-refractivity contribution in [3.63, 3.8) is 0 Å². The second kappa shape index (κ2) is 8.60. The number of likely N-dealkylation sites (N-methyl/N-ethyl adjacent to an activating group) is 1. The van der Waals surface area contributed by atoms with Gasteiger partial charge in [-0.2, -0.15) is 4.98 Å². The first-order chi connectivity index (χ1) is 10.2. The minimum absolute atomic E-state index is 0. The normalized spacial score (nSPS) is 11.6. The van der Waals surface area contributed by atoms with Crippen LogP contribution in [-0.4, -0.2) is 37.4 Å². The van der Waals surface area contributed by atoms with Crippen molar-refractivity contribution in [1.82, 2.24) is 15.5 Å². The summed E-state index contributed by atoms with van der Waals surface area (Å²) >= 11 is 0. The summed E-state index contributed by atoms with van der Waals surface area (Å²) in [4.78, 5) is 4.40. The number of methoxy groups -OCH3 is 2. The fourth-order valence-electron chi connectivity index (χ4n) is 1.99. The molecule has 1 atom stereocenters. The number of hydrogen-bond acceptors (Lipinski definition) is 6. The highest BCUT2D eigenvalue weighted by molar-refractivity contribution is 5.85. The van der Waals surface area contributed by atoms with Crippen LogP contribution >= 0.6 is 12.4 Å². The van der Waals surface area contributed by atoms with Crippen molar-refractivity contribution in [1.29, 1.82) is 0 Å². The van der Waals surface area contributed by atoms with E-state index >= 15 is 0 Å². The van der Waals surface area contributed by atoms with Gasteiger partial charge in [0.2, 0.25) is 5.89 Å². The Morgan fingerprint density at radius 1 is 1.23 bits per heavy atom. The maximum atomic E-state index is 5.29. The van der Waals surface area contributed by atoms with Crippen LogP contribution in [0.25, 0.3) is 0 Å². The molecule has 2 aromatic rings. The van der Waals surface area contributed by atoms with Gasteiger partial charge in [0.05, 0.1) is 20.6 Å². The summed E-state index contributed by atoms with van der Waals surface area (Å²) in [6, 6.07) is 6.06. The summed E-state index contributed by atoms with van der Waals surface area (Å²) in [5.41, 5.74) is 1.03. The van der Waals surface area contributed by atoms with Crippen LogP contribution in [0.2, 0.25) is 0 Å². The fraction of sp³-hybridized carbons (Fsp3) is 0.467. The summed E-state index contributed by atoms with van der Waals surface area (Å²) in [6.45, 7) is 2.07. The molecule has 6 nitrogen and oxygen atoms in total. The number of aromatic nitrogens is 2. The van der Waals surface area contributed by atoms with E-state index in [9.17, 15) is 0 Å². The molecule has 0 saturated carbocycles. The summed E-state index contributed by atoms with van der Waals surface area (Å²) in [6.07, 6.45) is 1.31. The lowest BCUT2D eigenvalue weighted by molar-refractivity contribution is 0.354. The largest absolute Gasteiger partial charge is 0.493 e. The number of hydrogen-bond donors (Lipinski definition) is 1. The predicted octanol–water partition coefficient (Wildman–Crippen LogP) is 2.25. The summed E-state index contributed by atoms with van der Waals surface area (Å²) in [5.74, 6) is 2.71. The van der Waals surface area contributed by atoms with Gasteiger partial charge in [0.25, 0.3) is 0 Å². The van der Waals surface area contributed by atoms with Crippen LogP contribution < -0.4 is 14.8 Å². The SMILES string of the molecule is CNC(C)Cc1noc(Cc2ccc(OC)c(OC)c2)n1.Cl. The third-order valence-electron chi connectivity index (χ3n) is 3.30. The molecule has 1 heterocycles. The zero-order chi connectivity index (χ0) is 15.2. The van der Waals surface area contributed by atoms with Crippen molar-refractivity contribution >= 4 is 12.4 Å². The Labute approximate surface area is 136 Å². The molecule has 0 radical (unpaired) electrons. The topological polar surface area (TPSA) is 69.4 Å². The lowest BCUT2D eigenvalue weighted by Crippen LogP contribution is -2.24. The molecule has 7 heteroatoms. The highest BCUT2D eigenvalue weighted by atomic mass is 35.5. The second-order valence-electron chi connectivity index (χ2n) is 4.86. The van der Waals surface area contributed by atoms with E-state index in [-0.39, 0.29) is 12.4 Å². The highest BCUT2D eigenvalue weighted by Crippen LogP contribution is 2.28. The maximum Gasteiger partial charge on any atom is 0.231 e. The van der Waals surface area contributed by atoms with Gasteiger partial charge in [-0.3, -0.25) is 0 Å². The number of nitrogens with zero attached hydrogens (tertiary/aromatic N) is 2. The van der Waals surface area contributed by atoms with Crippen molar-refractivity contribution < 1.29 is 14.0 Å². The predicted molar refractivity (Wildman–Crippen MR) is 86.1 cm³/mol. The van der Waals surface area contributed by atoms with Crippen molar-refractivity contribution in [2.75, 3.05) is 21.3 Å². The van der Waals surface area contributed by atoms with Gasteiger partial charge in [0.15, 0.2) is 17.3 Å². The Balaban J connectivity index is 0.00000242. The molecule has 0 aliphatic carbocycles. The third kappa shape index (κ3) is 4.61. The number of nitrogens with one attached hydrogen (secondary N) is 1. The molecule has 22 heavy (non-hydrogen) atoms. The van der Waals surface area contributed by atoms with Crippen molar-refractivity contribution in [3.05, 3.63) is 35.5 Å². The van der Waals surface area contributed by atoms with Crippen LogP contribution in [0.15, 0.2) is 22.7 Å². The molecule has 1 aromatic heterocycles. The van der Waals surface area contributed by atoms with E-state index in [1.165, 1.54) is 0 Å². The molecule has 122 valence electrons. The van der Waals surface area contributed by atoms with Crippen LogP contribution in [0, 0.1) is 0 Å². The van der Waals surface area contributed by atoms with Crippen LogP contribution in [0.5, 0.6) is 11.5 Å². The van der Waals surface area contributed by atoms with Crippen molar-refractivity contribution in [2.24, 2.45) is 0 Å². The molecular formula is C15H22ClN3O3. The molecule has 0 aliphatic heterocycles. The Kier molecular flexibility index (Phi) is 7.14. The molecule has 0 spiro atoms. The first-order valence-electron chi connectivity index (χ1n) is 6.86. The Morgan fingerprint density at radius 2 is 1.95 bits per heavy atom. The molecule has 0 saturated heterocycles. The van der Waals surface area contributed by atoms with Crippen LogP contribution in [0.1, 0.15) is 24.2 Å². The minimum Gasteiger partial charge on any atom is -0.493 e. The van der Waals surface area contributed by atoms with Gasteiger partial charge in [-0.05, 0) is 31.7 Å². The van der Waals surface area contributed by atoms with Gasteiger partial charge in [0.1, 0.15) is 0 Å². The minimum atomic E-state index is 0. The zero-order valence-corrected chi connectivity index (χ0v) is 14.1. The van der Waals surface area contributed by atoms with Gasteiger partial charge in [-0.15, -0.1) is 12.4 Å². The monoisotopic (exact) mass is 327 g/mol. The van der Waals surface area contributed by atoms with Gasteiger partial charge in [-0.1, -0.05) is 11.2 Å². The van der Waals surface area contributed by atoms with Crippen molar-refractivity contribution in [3.8, 4) is 11.5 Å². The number of benzene rings is 1. The molecular weight excluding hydrogens is 306 g/mol. The van der Waals surface area contributed by atoms with E-state index in [0.29, 0.717) is 35.7 Å². The summed E-state index contributed by atoms with van der Waals surface area (Å²) in [5, 5.41) is 7.14. The van der Waals surface area contributed by atoms with Crippen LogP contribution in [0.3, 0.4) is 0 Å². The average molecular weight is 328 g/mol. The van der Waals surface area contributed by atoms with Crippen LogP contribution in [0.4, 0.5) is 0 Å². The van der Waals surface area contributed by atoms with Gasteiger partial charge < -0.3 is 19.3 Å². The smallest absolute Gasteiger partial charge is 0.231 e. The van der Waals surface area contributed by atoms with E-state index in [2.05, 4.69) is 22.4 Å². The maximum absolute atomic E-state index is 5.29. The molecule has 0 amide bonds. The van der Waals surface area contributed by atoms with Gasteiger partial charge in [-0.25, -0.2) is 0 Å². The summed E-state index contributed by atoms with van der Waals surface area (Å²) < 4.78 is 15.8. The van der Waals surface area contributed by atoms with E-state index in [0.717, 1.165) is 12.0 Å². The summed E-state index contributed by atoms with van der Waals surface area (Å²) in [7, 11) is 5.14. The quantitative estimate of drug-likeness (QED) is 0.841. The van der Waals surface area contributed by atoms with E-state index in [1.807, 2.05) is 25.2 Å².